The summed E-state index contributed by atoms with van der Waals surface area (Å²) in [4.78, 5) is 48.8. The van der Waals surface area contributed by atoms with Gasteiger partial charge in [0.1, 0.15) is 13.6 Å². The molecule has 0 spiro atoms. The maximum Gasteiger partial charge on any atom is 0.220 e. The van der Waals surface area contributed by atoms with Crippen LogP contribution in [0.1, 0.15) is 86.1 Å². The van der Waals surface area contributed by atoms with Gasteiger partial charge in [-0.1, -0.05) is 69.3 Å². The van der Waals surface area contributed by atoms with Crippen molar-refractivity contribution in [2.45, 2.75) is 93.0 Å². The summed E-state index contributed by atoms with van der Waals surface area (Å²) in [6.07, 6.45) is 19.8. The lowest BCUT2D eigenvalue weighted by Crippen LogP contribution is -2.29. The highest BCUT2D eigenvalue weighted by molar-refractivity contribution is 5.76. The highest BCUT2D eigenvalue weighted by atomic mass is 16.2. The third-order valence-electron chi connectivity index (χ3n) is 5.31. The molecule has 1 unspecified atom stereocenters. The van der Waals surface area contributed by atoms with E-state index >= 15 is 0 Å². The fraction of sp³-hybridized carbons (Fsp3) is 0.500. The van der Waals surface area contributed by atoms with Gasteiger partial charge in [-0.05, 0) is 63.0 Å². The van der Waals surface area contributed by atoms with Crippen molar-refractivity contribution in [2.24, 2.45) is 5.92 Å². The Hall–Kier alpha value is -3.99. The van der Waals surface area contributed by atoms with E-state index in [2.05, 4.69) is 72.1 Å². The van der Waals surface area contributed by atoms with Crippen molar-refractivity contribution in [3.63, 3.8) is 0 Å². The first kappa shape index (κ1) is 47.8. The summed E-state index contributed by atoms with van der Waals surface area (Å²) in [5.74, 6) is 0.341. The predicted octanol–water partition coefficient (Wildman–Crippen LogP) is 5.62. The molecule has 0 aliphatic rings. The molecule has 238 valence electrons. The zero-order valence-corrected chi connectivity index (χ0v) is 27.3. The van der Waals surface area contributed by atoms with Gasteiger partial charge in [-0.2, -0.15) is 0 Å². The van der Waals surface area contributed by atoms with Crippen LogP contribution in [-0.2, 0) is 30.4 Å². The second-order valence-electron chi connectivity index (χ2n) is 8.57. The van der Waals surface area contributed by atoms with E-state index in [-0.39, 0.29) is 29.7 Å². The Morgan fingerprint density at radius 3 is 1.93 bits per heavy atom. The van der Waals surface area contributed by atoms with Crippen LogP contribution in [0.3, 0.4) is 0 Å². The number of carbonyl (C=O) groups excluding carboxylic acids is 5. The normalized spacial score (nSPS) is 10.8. The lowest BCUT2D eigenvalue weighted by molar-refractivity contribution is -0.121. The van der Waals surface area contributed by atoms with Crippen LogP contribution in [0.5, 0.6) is 0 Å². The van der Waals surface area contributed by atoms with E-state index in [0.29, 0.717) is 6.42 Å². The molecule has 0 aliphatic carbocycles. The minimum absolute atomic E-state index is 0.00910. The molecule has 0 saturated carbocycles. The Balaban J connectivity index is -0.000000181. The second kappa shape index (κ2) is 39.2. The summed E-state index contributed by atoms with van der Waals surface area (Å²) in [5, 5.41) is 8.30. The van der Waals surface area contributed by atoms with Gasteiger partial charge in [-0.3, -0.25) is 14.4 Å². The molecular weight excluding hydrogens is 530 g/mol. The maximum absolute atomic E-state index is 11.4. The van der Waals surface area contributed by atoms with Crippen molar-refractivity contribution in [2.75, 3.05) is 13.6 Å². The molecule has 0 saturated heterocycles. The monoisotopic (exact) mass is 587 g/mol. The minimum atomic E-state index is 0.00910. The van der Waals surface area contributed by atoms with Crippen molar-refractivity contribution < 1.29 is 24.0 Å². The third kappa shape index (κ3) is 36.0. The number of benzene rings is 1. The van der Waals surface area contributed by atoms with E-state index in [4.69, 9.17) is 9.59 Å². The molecule has 8 nitrogen and oxygen atoms in total. The maximum atomic E-state index is 11.4. The number of unbranched alkanes of at least 4 members (excludes halogenated alkanes) is 1. The predicted molar refractivity (Wildman–Crippen MR) is 177 cm³/mol. The molecule has 42 heavy (non-hydrogen) atoms. The zero-order chi connectivity index (χ0) is 33.8. The highest BCUT2D eigenvalue weighted by Gasteiger charge is 2.10. The Labute approximate surface area is 256 Å². The third-order valence-corrected chi connectivity index (χ3v) is 5.31. The van der Waals surface area contributed by atoms with Gasteiger partial charge in [-0.15, -0.1) is 12.8 Å². The number of hydrogen-bond acceptors (Lipinski definition) is 5. The SMILES string of the molecule is C#C.C/C=C(\C=C/CC[C@@H](C)NC(C)=O)C(C)CC(=O)NC.C=O.C=O.CC.CC(=O)NCCCCc1ccccc1. The zero-order valence-electron chi connectivity index (χ0n) is 27.3. The first-order valence-corrected chi connectivity index (χ1v) is 14.2. The molecule has 2 atom stereocenters. The van der Waals surface area contributed by atoms with Crippen LogP contribution in [0, 0.1) is 18.8 Å². The van der Waals surface area contributed by atoms with Crippen molar-refractivity contribution >= 4 is 31.3 Å². The highest BCUT2D eigenvalue weighted by Crippen LogP contribution is 2.16. The molecule has 0 fully saturated rings. The summed E-state index contributed by atoms with van der Waals surface area (Å²) in [7, 11) is 1.66. The molecule has 1 rings (SSSR count). The van der Waals surface area contributed by atoms with Crippen LogP contribution in [0.4, 0.5) is 0 Å². The van der Waals surface area contributed by atoms with Crippen molar-refractivity contribution in [1.29, 1.82) is 0 Å². The number of rotatable bonds is 13. The van der Waals surface area contributed by atoms with E-state index < -0.39 is 0 Å². The van der Waals surface area contributed by atoms with Crippen LogP contribution in [0.2, 0.25) is 0 Å². The van der Waals surface area contributed by atoms with Crippen LogP contribution < -0.4 is 16.0 Å². The molecule has 0 bridgehead atoms. The Kier molecular flexibility index (Phi) is 44.5. The van der Waals surface area contributed by atoms with Crippen LogP contribution in [0.15, 0.2) is 54.1 Å². The molecule has 0 radical (unpaired) electrons. The summed E-state index contributed by atoms with van der Waals surface area (Å²) in [5.41, 5.74) is 2.54. The Bertz CT molecular complexity index is 849. The molecule has 0 heterocycles. The molecule has 0 aromatic heterocycles. The summed E-state index contributed by atoms with van der Waals surface area (Å²) in [6.45, 7) is 17.9. The van der Waals surface area contributed by atoms with E-state index in [1.807, 2.05) is 53.4 Å². The number of terminal acetylenes is 1. The fourth-order valence-corrected chi connectivity index (χ4v) is 3.39. The number of aryl methyl sites for hydroxylation is 1. The minimum Gasteiger partial charge on any atom is -0.359 e. The average molecular weight is 588 g/mol. The topological polar surface area (TPSA) is 121 Å². The van der Waals surface area contributed by atoms with Crippen LogP contribution in [-0.4, -0.2) is 50.9 Å². The van der Waals surface area contributed by atoms with E-state index in [1.165, 1.54) is 18.1 Å². The lowest BCUT2D eigenvalue weighted by Gasteiger charge is -2.12. The van der Waals surface area contributed by atoms with Crippen LogP contribution >= 0.6 is 0 Å². The number of allylic oxidation sites excluding steroid dienone is 4. The average Bonchev–Trinajstić information content (AvgIpc) is 3.01. The smallest absolute Gasteiger partial charge is 0.220 e. The molecule has 1 aromatic carbocycles. The van der Waals surface area contributed by atoms with Crippen molar-refractivity contribution in [3.05, 3.63) is 59.7 Å². The first-order chi connectivity index (χ1) is 20.2. The largest absolute Gasteiger partial charge is 0.359 e. The molecule has 3 amide bonds. The van der Waals surface area contributed by atoms with Gasteiger partial charge < -0.3 is 25.5 Å². The molecule has 8 heteroatoms. The summed E-state index contributed by atoms with van der Waals surface area (Å²) >= 11 is 0. The van der Waals surface area contributed by atoms with Crippen LogP contribution in [0.25, 0.3) is 0 Å². The summed E-state index contributed by atoms with van der Waals surface area (Å²) < 4.78 is 0. The Morgan fingerprint density at radius 1 is 0.929 bits per heavy atom. The molecule has 1 aromatic rings. The first-order valence-electron chi connectivity index (χ1n) is 14.2. The van der Waals surface area contributed by atoms with Gasteiger partial charge in [0.2, 0.25) is 17.7 Å². The van der Waals surface area contributed by atoms with Crippen molar-refractivity contribution in [3.8, 4) is 12.8 Å². The standard InChI is InChI=1S/C16H28N2O2.C12H17NO.C2H6.C2H2.2CH2O/c1-6-15(12(2)11-16(20)17-5)10-8-7-9-13(3)18-14(4)19;1-11(14)13-10-6-5-9-12-7-3-2-4-8-12;4*1-2/h6,8,10,12-13H,7,9,11H2,1-5H3,(H,17,20)(H,18,19);2-4,7-8H,5-6,9-10H2,1H3,(H,13,14);1-2H3;1-2H;2*1H2/b10-8-,15-6+;;;;;/t12?,13-;;;;;/m1...../s1. The number of hydrogen-bond donors (Lipinski definition) is 3. The number of amides is 3. The van der Waals surface area contributed by atoms with Gasteiger partial charge in [0.05, 0.1) is 0 Å². The Morgan fingerprint density at radius 2 is 1.48 bits per heavy atom. The quantitative estimate of drug-likeness (QED) is 0.157. The molecule has 3 N–H and O–H groups in total. The fourth-order valence-electron chi connectivity index (χ4n) is 3.39. The van der Waals surface area contributed by atoms with E-state index in [1.54, 1.807) is 14.0 Å². The van der Waals surface area contributed by atoms with Gasteiger partial charge in [0.25, 0.3) is 0 Å². The molecular formula is C34H57N3O5. The van der Waals surface area contributed by atoms with Crippen molar-refractivity contribution in [1.82, 2.24) is 16.0 Å². The molecule has 0 aliphatic heterocycles. The van der Waals surface area contributed by atoms with Gasteiger partial charge >= 0.3 is 0 Å². The number of carbonyl (C=O) groups is 5. The van der Waals surface area contributed by atoms with E-state index in [9.17, 15) is 14.4 Å². The second-order valence-corrected chi connectivity index (χ2v) is 8.57. The van der Waals surface area contributed by atoms with Gasteiger partial charge in [0, 0.05) is 39.9 Å². The van der Waals surface area contributed by atoms with E-state index in [0.717, 1.165) is 38.6 Å². The lowest BCUT2D eigenvalue weighted by atomic mass is 9.96. The number of nitrogens with one attached hydrogen (secondary N) is 3. The van der Waals surface area contributed by atoms with Gasteiger partial charge in [-0.25, -0.2) is 0 Å². The van der Waals surface area contributed by atoms with Gasteiger partial charge in [0.15, 0.2) is 0 Å². The summed E-state index contributed by atoms with van der Waals surface area (Å²) in [6, 6.07) is 10.6.